The van der Waals surface area contributed by atoms with Crippen LogP contribution in [0.2, 0.25) is 0 Å². The van der Waals surface area contributed by atoms with Gasteiger partial charge < -0.3 is 10.4 Å². The van der Waals surface area contributed by atoms with Gasteiger partial charge in [-0.3, -0.25) is 4.79 Å². The highest BCUT2D eigenvalue weighted by Crippen LogP contribution is 2.33. The summed E-state index contributed by atoms with van der Waals surface area (Å²) in [6.07, 6.45) is 4.45. The Bertz CT molecular complexity index is 1430. The second kappa shape index (κ2) is 9.08. The zero-order valence-corrected chi connectivity index (χ0v) is 19.4. The zero-order valence-electron chi connectivity index (χ0n) is 18.6. The molecule has 0 bridgehead atoms. The summed E-state index contributed by atoms with van der Waals surface area (Å²) in [5, 5.41) is 13.8. The van der Waals surface area contributed by atoms with E-state index in [4.69, 9.17) is 0 Å². The summed E-state index contributed by atoms with van der Waals surface area (Å²) in [6, 6.07) is 22.8. The number of fused-ring (bicyclic) bond motifs is 1. The average molecular weight is 475 g/mol. The number of hydrogen-bond acceptors (Lipinski definition) is 4. The van der Waals surface area contributed by atoms with E-state index >= 15 is 0 Å². The maximum absolute atomic E-state index is 13.6. The van der Waals surface area contributed by atoms with Gasteiger partial charge in [-0.05, 0) is 48.7 Å². The van der Waals surface area contributed by atoms with Gasteiger partial charge in [0.1, 0.15) is 0 Å². The van der Waals surface area contributed by atoms with Crippen LogP contribution in [-0.2, 0) is 10.0 Å². The number of benzene rings is 3. The molecule has 0 radical (unpaired) electrons. The van der Waals surface area contributed by atoms with Crippen LogP contribution < -0.4 is 5.32 Å². The third-order valence-corrected chi connectivity index (χ3v) is 8.17. The van der Waals surface area contributed by atoms with Gasteiger partial charge in [0.25, 0.3) is 15.9 Å². The molecule has 2 N–H and O–H groups in total. The lowest BCUT2D eigenvalue weighted by atomic mass is 9.92. The lowest BCUT2D eigenvalue weighted by molar-refractivity contribution is 0.0717. The van der Waals surface area contributed by atoms with Gasteiger partial charge in [0, 0.05) is 22.7 Å². The van der Waals surface area contributed by atoms with E-state index in [0.29, 0.717) is 17.5 Å². The molecule has 2 atom stereocenters. The summed E-state index contributed by atoms with van der Waals surface area (Å²) in [6.45, 7) is 0. The fraction of sp³-hybridized carbons (Fsp3) is 0.222. The normalized spacial score (nSPS) is 18.6. The number of aliphatic hydroxyl groups is 1. The van der Waals surface area contributed by atoms with Crippen molar-refractivity contribution in [2.45, 2.75) is 42.7 Å². The molecule has 0 unspecified atom stereocenters. The highest BCUT2D eigenvalue weighted by atomic mass is 32.2. The van der Waals surface area contributed by atoms with Crippen molar-refractivity contribution in [1.82, 2.24) is 9.29 Å². The number of nitrogens with one attached hydrogen (secondary N) is 1. The highest BCUT2D eigenvalue weighted by molar-refractivity contribution is 7.90. The summed E-state index contributed by atoms with van der Waals surface area (Å²) < 4.78 is 28.4. The van der Waals surface area contributed by atoms with Crippen molar-refractivity contribution < 1.29 is 18.3 Å². The molecular weight excluding hydrogens is 448 g/mol. The van der Waals surface area contributed by atoms with Gasteiger partial charge in [0.05, 0.1) is 22.6 Å². The van der Waals surface area contributed by atoms with Gasteiger partial charge in [-0.1, -0.05) is 61.4 Å². The summed E-state index contributed by atoms with van der Waals surface area (Å²) in [7, 11) is -3.89. The second-order valence-electron chi connectivity index (χ2n) is 8.68. The van der Waals surface area contributed by atoms with Gasteiger partial charge in [-0.25, -0.2) is 12.4 Å². The largest absolute Gasteiger partial charge is 0.391 e. The number of rotatable bonds is 5. The SMILES string of the molecule is O=C(N[C@H]1CCCC[C@H]1O)c1ccc(S(=O)(=O)n2cc(-c3ccccc3)c3ccccc32)cc1. The van der Waals surface area contributed by atoms with Crippen molar-refractivity contribution in [3.63, 3.8) is 0 Å². The maximum atomic E-state index is 13.6. The van der Waals surface area contributed by atoms with E-state index in [-0.39, 0.29) is 16.8 Å². The van der Waals surface area contributed by atoms with E-state index in [1.54, 1.807) is 12.3 Å². The first-order valence-electron chi connectivity index (χ1n) is 11.5. The summed E-state index contributed by atoms with van der Waals surface area (Å²) >= 11 is 0. The number of nitrogens with zero attached hydrogens (tertiary/aromatic N) is 1. The Morgan fingerprint density at radius 2 is 1.56 bits per heavy atom. The highest BCUT2D eigenvalue weighted by Gasteiger charge is 2.26. The molecule has 1 aliphatic rings. The number of amides is 1. The third-order valence-electron chi connectivity index (χ3n) is 6.48. The van der Waals surface area contributed by atoms with E-state index in [1.807, 2.05) is 48.5 Å². The van der Waals surface area contributed by atoms with E-state index in [2.05, 4.69) is 5.32 Å². The minimum Gasteiger partial charge on any atom is -0.391 e. The quantitative estimate of drug-likeness (QED) is 0.443. The van der Waals surface area contributed by atoms with E-state index in [9.17, 15) is 18.3 Å². The molecule has 3 aromatic carbocycles. The lowest BCUT2D eigenvalue weighted by Crippen LogP contribution is -2.45. The van der Waals surface area contributed by atoms with E-state index < -0.39 is 16.1 Å². The van der Waals surface area contributed by atoms with Crippen molar-refractivity contribution in [3.8, 4) is 11.1 Å². The molecule has 174 valence electrons. The fourth-order valence-electron chi connectivity index (χ4n) is 4.62. The molecule has 1 amide bonds. The first kappa shape index (κ1) is 22.4. The number of aliphatic hydroxyl groups excluding tert-OH is 1. The second-order valence-corrected chi connectivity index (χ2v) is 10.5. The Morgan fingerprint density at radius 3 is 2.29 bits per heavy atom. The van der Waals surface area contributed by atoms with E-state index in [1.165, 1.54) is 28.2 Å². The summed E-state index contributed by atoms with van der Waals surface area (Å²) in [4.78, 5) is 12.7. The van der Waals surface area contributed by atoms with Gasteiger partial charge >= 0.3 is 0 Å². The fourth-order valence-corrected chi connectivity index (χ4v) is 5.99. The number of aromatic nitrogens is 1. The van der Waals surface area contributed by atoms with Crippen LogP contribution in [0, 0.1) is 0 Å². The predicted octanol–water partition coefficient (Wildman–Crippen LogP) is 4.58. The molecule has 1 heterocycles. The zero-order chi connectivity index (χ0) is 23.7. The molecule has 0 aliphatic heterocycles. The van der Waals surface area contributed by atoms with Gasteiger partial charge in [0.2, 0.25) is 0 Å². The molecule has 1 saturated carbocycles. The minimum absolute atomic E-state index is 0.0992. The van der Waals surface area contributed by atoms with Crippen LogP contribution in [-0.4, -0.2) is 35.5 Å². The monoisotopic (exact) mass is 474 g/mol. The first-order valence-corrected chi connectivity index (χ1v) is 12.9. The van der Waals surface area contributed by atoms with Crippen molar-refractivity contribution in [2.75, 3.05) is 0 Å². The molecule has 5 rings (SSSR count). The Hall–Kier alpha value is -3.42. The molecular formula is C27H26N2O4S. The molecule has 4 aromatic rings. The van der Waals surface area contributed by atoms with Crippen molar-refractivity contribution in [3.05, 3.63) is 90.6 Å². The van der Waals surface area contributed by atoms with Crippen molar-refractivity contribution in [2.24, 2.45) is 0 Å². The minimum atomic E-state index is -3.89. The summed E-state index contributed by atoms with van der Waals surface area (Å²) in [5.41, 5.74) is 2.72. The third kappa shape index (κ3) is 4.13. The van der Waals surface area contributed by atoms with Gasteiger partial charge in [-0.2, -0.15) is 0 Å². The molecule has 0 saturated heterocycles. The van der Waals surface area contributed by atoms with E-state index in [0.717, 1.165) is 35.8 Å². The van der Waals surface area contributed by atoms with Gasteiger partial charge in [-0.15, -0.1) is 0 Å². The maximum Gasteiger partial charge on any atom is 0.268 e. The molecule has 7 heteroatoms. The van der Waals surface area contributed by atoms with Crippen LogP contribution in [0.1, 0.15) is 36.0 Å². The molecule has 1 aromatic heterocycles. The van der Waals surface area contributed by atoms with Crippen LogP contribution in [0.15, 0.2) is 90.0 Å². The predicted molar refractivity (Wildman–Crippen MR) is 132 cm³/mol. The van der Waals surface area contributed by atoms with Crippen molar-refractivity contribution in [1.29, 1.82) is 0 Å². The van der Waals surface area contributed by atoms with Crippen LogP contribution in [0.4, 0.5) is 0 Å². The molecule has 1 fully saturated rings. The average Bonchev–Trinajstić information content (AvgIpc) is 3.27. The van der Waals surface area contributed by atoms with Crippen molar-refractivity contribution >= 4 is 26.8 Å². The first-order chi connectivity index (χ1) is 16.4. The number of para-hydroxylation sites is 1. The summed E-state index contributed by atoms with van der Waals surface area (Å²) in [5.74, 6) is -0.312. The number of carbonyl (C=O) groups is 1. The Kier molecular flexibility index (Phi) is 5.98. The standard InChI is InChI=1S/C27H26N2O4S/c30-26-13-7-5-11-24(26)28-27(31)20-14-16-21(17-15-20)34(32,33)29-18-23(19-8-2-1-3-9-19)22-10-4-6-12-25(22)29/h1-4,6,8-10,12,14-18,24,26,30H,5,7,11,13H2,(H,28,31)/t24-,26+/m0/s1. The topological polar surface area (TPSA) is 88.4 Å². The van der Waals surface area contributed by atoms with Crippen LogP contribution >= 0.6 is 0 Å². The van der Waals surface area contributed by atoms with Crippen LogP contribution in [0.5, 0.6) is 0 Å². The molecule has 34 heavy (non-hydrogen) atoms. The molecule has 1 aliphatic carbocycles. The Balaban J connectivity index is 1.46. The lowest BCUT2D eigenvalue weighted by Gasteiger charge is -2.28. The van der Waals surface area contributed by atoms with Gasteiger partial charge in [0.15, 0.2) is 0 Å². The Labute approximate surface area is 198 Å². The number of hydrogen-bond donors (Lipinski definition) is 2. The smallest absolute Gasteiger partial charge is 0.268 e. The van der Waals surface area contributed by atoms with Crippen LogP contribution in [0.25, 0.3) is 22.0 Å². The Morgan fingerprint density at radius 1 is 0.882 bits per heavy atom. The number of carbonyl (C=O) groups excluding carboxylic acids is 1. The van der Waals surface area contributed by atoms with Crippen LogP contribution in [0.3, 0.4) is 0 Å². The molecule has 0 spiro atoms. The molecule has 6 nitrogen and oxygen atoms in total.